The number of methoxy groups -OCH3 is 1. The molecule has 1 N–H and O–H groups in total. The van der Waals surface area contributed by atoms with E-state index in [9.17, 15) is 9.18 Å². The van der Waals surface area contributed by atoms with Crippen LogP contribution in [0, 0.1) is 11.2 Å². The zero-order chi connectivity index (χ0) is 20.4. The second-order valence-corrected chi connectivity index (χ2v) is 7.35. The minimum atomic E-state index is -0.900. The van der Waals surface area contributed by atoms with Crippen molar-refractivity contribution >= 4 is 22.4 Å². The van der Waals surface area contributed by atoms with E-state index in [1.165, 1.54) is 6.07 Å². The Bertz CT molecular complexity index is 1040. The van der Waals surface area contributed by atoms with Crippen LogP contribution in [0.1, 0.15) is 18.8 Å². The number of ether oxygens (including phenoxy) is 3. The molecule has 1 fully saturated rings. The highest BCUT2D eigenvalue weighted by atomic mass is 19.1. The molecule has 0 spiro atoms. The van der Waals surface area contributed by atoms with Gasteiger partial charge in [-0.05, 0) is 25.1 Å². The quantitative estimate of drug-likeness (QED) is 0.697. The van der Waals surface area contributed by atoms with Crippen LogP contribution >= 0.6 is 0 Å². The van der Waals surface area contributed by atoms with Gasteiger partial charge in [-0.15, -0.1) is 0 Å². The van der Waals surface area contributed by atoms with Crippen molar-refractivity contribution in [1.82, 2.24) is 0 Å². The molecular weight excluding hydrogens is 373 g/mol. The number of benzene rings is 3. The van der Waals surface area contributed by atoms with E-state index in [2.05, 4.69) is 5.32 Å². The Hall–Kier alpha value is -2.96. The fraction of sp³-hybridized carbons (Fsp3) is 0.261. The predicted octanol–water partition coefficient (Wildman–Crippen LogP) is 4.68. The summed E-state index contributed by atoms with van der Waals surface area (Å²) >= 11 is 0. The average molecular weight is 395 g/mol. The number of carbonyl (C=O) groups excluding carboxylic acids is 1. The lowest BCUT2D eigenvalue weighted by Gasteiger charge is -2.36. The van der Waals surface area contributed by atoms with E-state index in [1.807, 2.05) is 36.4 Å². The summed E-state index contributed by atoms with van der Waals surface area (Å²) in [5, 5.41) is 4.77. The van der Waals surface area contributed by atoms with Crippen LogP contribution in [0.3, 0.4) is 0 Å². The largest absolute Gasteiger partial charge is 0.496 e. The molecule has 6 heteroatoms. The Morgan fingerprint density at radius 2 is 1.69 bits per heavy atom. The van der Waals surface area contributed by atoms with Gasteiger partial charge >= 0.3 is 0 Å². The SMILES string of the molecule is COc1ccc(NC(=O)C2(C)COC(c3ccccc3F)OC2)c2ccccc12. The van der Waals surface area contributed by atoms with Crippen LogP contribution in [-0.2, 0) is 14.3 Å². The van der Waals surface area contributed by atoms with E-state index in [1.54, 1.807) is 32.2 Å². The van der Waals surface area contributed by atoms with Crippen LogP contribution in [0.2, 0.25) is 0 Å². The van der Waals surface area contributed by atoms with Crippen molar-refractivity contribution < 1.29 is 23.4 Å². The monoisotopic (exact) mass is 395 g/mol. The zero-order valence-electron chi connectivity index (χ0n) is 16.3. The molecule has 0 bridgehead atoms. The molecule has 3 aromatic carbocycles. The van der Waals surface area contributed by atoms with Gasteiger partial charge in [0.1, 0.15) is 11.6 Å². The minimum Gasteiger partial charge on any atom is -0.496 e. The fourth-order valence-electron chi connectivity index (χ4n) is 3.42. The standard InChI is InChI=1S/C23H22FNO4/c1-23(13-28-21(29-14-23)17-9-5-6-10-18(17)24)22(26)25-19-11-12-20(27-2)16-8-4-3-7-15(16)19/h3-12,21H,13-14H2,1-2H3,(H,25,26). The van der Waals surface area contributed by atoms with Crippen molar-refractivity contribution in [3.05, 3.63) is 72.0 Å². The number of halogens is 1. The molecule has 1 saturated heterocycles. The van der Waals surface area contributed by atoms with E-state index in [0.29, 0.717) is 11.3 Å². The zero-order valence-corrected chi connectivity index (χ0v) is 16.3. The number of hydrogen-bond donors (Lipinski definition) is 1. The van der Waals surface area contributed by atoms with Crippen molar-refractivity contribution in [2.45, 2.75) is 13.2 Å². The summed E-state index contributed by atoms with van der Waals surface area (Å²) in [6.07, 6.45) is -0.820. The Morgan fingerprint density at radius 1 is 1.03 bits per heavy atom. The number of carbonyl (C=O) groups is 1. The molecule has 0 atom stereocenters. The number of hydrogen-bond acceptors (Lipinski definition) is 4. The molecule has 3 aromatic rings. The van der Waals surface area contributed by atoms with Gasteiger partial charge in [0.25, 0.3) is 0 Å². The summed E-state index contributed by atoms with van der Waals surface area (Å²) in [5.41, 5.74) is 0.114. The van der Waals surface area contributed by atoms with Gasteiger partial charge in [0.2, 0.25) is 5.91 Å². The molecule has 1 aliphatic heterocycles. The topological polar surface area (TPSA) is 56.8 Å². The third-order valence-corrected chi connectivity index (χ3v) is 5.17. The highest BCUT2D eigenvalue weighted by Gasteiger charge is 2.40. The van der Waals surface area contributed by atoms with Gasteiger partial charge in [0.15, 0.2) is 6.29 Å². The summed E-state index contributed by atoms with van der Waals surface area (Å²) in [7, 11) is 1.61. The molecule has 150 valence electrons. The second-order valence-electron chi connectivity index (χ2n) is 7.35. The molecule has 5 nitrogen and oxygen atoms in total. The van der Waals surface area contributed by atoms with E-state index < -0.39 is 17.5 Å². The number of amides is 1. The molecule has 0 aromatic heterocycles. The smallest absolute Gasteiger partial charge is 0.235 e. The van der Waals surface area contributed by atoms with Crippen molar-refractivity contribution in [1.29, 1.82) is 0 Å². The minimum absolute atomic E-state index is 0.117. The van der Waals surface area contributed by atoms with E-state index in [-0.39, 0.29) is 19.1 Å². The Balaban J connectivity index is 1.51. The third kappa shape index (κ3) is 3.69. The maximum atomic E-state index is 14.0. The number of rotatable bonds is 4. The number of fused-ring (bicyclic) bond motifs is 1. The van der Waals surface area contributed by atoms with Crippen LogP contribution in [0.5, 0.6) is 5.75 Å². The predicted molar refractivity (Wildman–Crippen MR) is 108 cm³/mol. The van der Waals surface area contributed by atoms with Crippen molar-refractivity contribution in [3.8, 4) is 5.75 Å². The molecule has 1 amide bonds. The molecule has 1 aliphatic rings. The van der Waals surface area contributed by atoms with Gasteiger partial charge in [0, 0.05) is 22.0 Å². The van der Waals surface area contributed by atoms with Crippen LogP contribution in [0.25, 0.3) is 10.8 Å². The summed E-state index contributed by atoms with van der Waals surface area (Å²) in [5.74, 6) is 0.122. The molecule has 0 unspecified atom stereocenters. The van der Waals surface area contributed by atoms with Crippen LogP contribution in [0.15, 0.2) is 60.7 Å². The molecular formula is C23H22FNO4. The Kier molecular flexibility index (Phi) is 5.22. The van der Waals surface area contributed by atoms with E-state index in [0.717, 1.165) is 16.5 Å². The Morgan fingerprint density at radius 3 is 2.38 bits per heavy atom. The first-order valence-electron chi connectivity index (χ1n) is 9.37. The van der Waals surface area contributed by atoms with Gasteiger partial charge in [0.05, 0.1) is 25.7 Å². The van der Waals surface area contributed by atoms with Gasteiger partial charge < -0.3 is 19.5 Å². The second kappa shape index (κ2) is 7.81. The average Bonchev–Trinajstić information content (AvgIpc) is 2.75. The van der Waals surface area contributed by atoms with Gasteiger partial charge in [-0.3, -0.25) is 4.79 Å². The lowest BCUT2D eigenvalue weighted by Crippen LogP contribution is -2.45. The molecule has 1 heterocycles. The first-order valence-corrected chi connectivity index (χ1v) is 9.37. The van der Waals surface area contributed by atoms with E-state index in [4.69, 9.17) is 14.2 Å². The Labute approximate surface area is 168 Å². The summed E-state index contributed by atoms with van der Waals surface area (Å²) in [6.45, 7) is 2.00. The maximum Gasteiger partial charge on any atom is 0.235 e. The lowest BCUT2D eigenvalue weighted by atomic mass is 9.90. The third-order valence-electron chi connectivity index (χ3n) is 5.17. The first kappa shape index (κ1) is 19.4. The number of anilines is 1. The van der Waals surface area contributed by atoms with Crippen molar-refractivity contribution in [3.63, 3.8) is 0 Å². The van der Waals surface area contributed by atoms with Crippen LogP contribution < -0.4 is 10.1 Å². The van der Waals surface area contributed by atoms with Crippen molar-refractivity contribution in [2.24, 2.45) is 5.41 Å². The molecule has 0 radical (unpaired) electrons. The summed E-state index contributed by atoms with van der Waals surface area (Å²) < 4.78 is 30.8. The highest BCUT2D eigenvalue weighted by molar-refractivity contribution is 6.05. The van der Waals surface area contributed by atoms with Crippen LogP contribution in [0.4, 0.5) is 10.1 Å². The summed E-state index contributed by atoms with van der Waals surface area (Å²) in [6, 6.07) is 17.6. The molecule has 29 heavy (non-hydrogen) atoms. The van der Waals surface area contributed by atoms with Gasteiger partial charge in [-0.2, -0.15) is 0 Å². The van der Waals surface area contributed by atoms with E-state index >= 15 is 0 Å². The summed E-state index contributed by atoms with van der Waals surface area (Å²) in [4.78, 5) is 13.0. The van der Waals surface area contributed by atoms with Crippen LogP contribution in [-0.4, -0.2) is 26.2 Å². The highest BCUT2D eigenvalue weighted by Crippen LogP contribution is 2.35. The van der Waals surface area contributed by atoms with Crippen molar-refractivity contribution in [2.75, 3.05) is 25.6 Å². The van der Waals surface area contributed by atoms with Gasteiger partial charge in [-0.1, -0.05) is 42.5 Å². The molecule has 4 rings (SSSR count). The van der Waals surface area contributed by atoms with Gasteiger partial charge in [-0.25, -0.2) is 4.39 Å². The first-order chi connectivity index (χ1) is 14.0. The fourth-order valence-corrected chi connectivity index (χ4v) is 3.42. The lowest BCUT2D eigenvalue weighted by molar-refractivity contribution is -0.227. The maximum absolute atomic E-state index is 14.0. The number of nitrogens with one attached hydrogen (secondary N) is 1. The molecule has 0 saturated carbocycles. The normalized spacial score (nSPS) is 21.7. The molecule has 0 aliphatic carbocycles.